The van der Waals surface area contributed by atoms with Gasteiger partial charge < -0.3 is 14.8 Å². The maximum atomic E-state index is 11.8. The number of amides is 1. The van der Waals surface area contributed by atoms with Crippen LogP contribution < -0.4 is 15.4 Å². The molecule has 0 saturated carbocycles. The van der Waals surface area contributed by atoms with Crippen LogP contribution in [0.5, 0.6) is 5.75 Å². The number of hydrogen-bond acceptors (Lipinski definition) is 6. The molecule has 2 N–H and O–H groups in total. The Hall–Kier alpha value is -2.31. The van der Waals surface area contributed by atoms with Crippen molar-refractivity contribution in [3.63, 3.8) is 0 Å². The fourth-order valence-corrected chi connectivity index (χ4v) is 1.52. The highest BCUT2D eigenvalue weighted by Crippen LogP contribution is 2.36. The van der Waals surface area contributed by atoms with Crippen molar-refractivity contribution in [3.8, 4) is 5.75 Å². The summed E-state index contributed by atoms with van der Waals surface area (Å²) in [4.78, 5) is 22.5. The van der Waals surface area contributed by atoms with Crippen LogP contribution in [0.2, 0.25) is 0 Å². The predicted molar refractivity (Wildman–Crippen MR) is 77.9 cm³/mol. The lowest BCUT2D eigenvalue weighted by Gasteiger charge is -2.20. The van der Waals surface area contributed by atoms with Crippen molar-refractivity contribution >= 4 is 23.2 Å². The highest BCUT2D eigenvalue weighted by molar-refractivity contribution is 5.89. The van der Waals surface area contributed by atoms with Crippen LogP contribution in [0.25, 0.3) is 0 Å². The van der Waals surface area contributed by atoms with Crippen LogP contribution in [0.4, 0.5) is 21.9 Å². The Morgan fingerprint density at radius 1 is 1.25 bits per heavy atom. The minimum absolute atomic E-state index is 0.194. The number of hydrogen-bond donors (Lipinski definition) is 2. The quantitative estimate of drug-likeness (QED) is 0.825. The number of nitrogens with zero attached hydrogens (tertiary/aromatic N) is 1. The number of nitrogens with one attached hydrogen (secondary N) is 2. The predicted octanol–water partition coefficient (Wildman–Crippen LogP) is 3.48. The van der Waals surface area contributed by atoms with Gasteiger partial charge in [0.15, 0.2) is 0 Å². The number of anilines is 2. The van der Waals surface area contributed by atoms with E-state index in [1.807, 2.05) is 0 Å². The van der Waals surface area contributed by atoms with Crippen LogP contribution in [0, 0.1) is 4.91 Å². The average Bonchev–Trinajstić information content (AvgIpc) is 2.35. The van der Waals surface area contributed by atoms with E-state index in [0.29, 0.717) is 17.1 Å². The van der Waals surface area contributed by atoms with E-state index in [0.717, 1.165) is 0 Å². The smallest absolute Gasteiger partial charge is 0.412 e. The average molecular weight is 281 g/mol. The van der Waals surface area contributed by atoms with Crippen LogP contribution in [0.1, 0.15) is 20.8 Å². The molecule has 0 heterocycles. The number of nitroso groups, excluding NO2 is 1. The molecule has 7 nitrogen and oxygen atoms in total. The maximum absolute atomic E-state index is 11.8. The third kappa shape index (κ3) is 4.11. The molecule has 0 fully saturated rings. The zero-order valence-electron chi connectivity index (χ0n) is 12.2. The van der Waals surface area contributed by atoms with Crippen molar-refractivity contribution in [1.82, 2.24) is 0 Å². The number of carbonyl (C=O) groups excluding carboxylic acids is 1. The van der Waals surface area contributed by atoms with E-state index in [-0.39, 0.29) is 5.69 Å². The van der Waals surface area contributed by atoms with E-state index < -0.39 is 11.7 Å². The number of methoxy groups -OCH3 is 1. The van der Waals surface area contributed by atoms with Gasteiger partial charge in [-0.05, 0) is 32.0 Å². The first-order valence-corrected chi connectivity index (χ1v) is 6.04. The van der Waals surface area contributed by atoms with Crippen molar-refractivity contribution < 1.29 is 14.3 Å². The second-order valence-electron chi connectivity index (χ2n) is 5.04. The minimum Gasteiger partial charge on any atom is -0.494 e. The highest BCUT2D eigenvalue weighted by Gasteiger charge is 2.18. The summed E-state index contributed by atoms with van der Waals surface area (Å²) < 4.78 is 10.3. The van der Waals surface area contributed by atoms with E-state index >= 15 is 0 Å². The maximum Gasteiger partial charge on any atom is 0.412 e. The third-order valence-corrected chi connectivity index (χ3v) is 2.32. The van der Waals surface area contributed by atoms with Crippen LogP contribution in [0.3, 0.4) is 0 Å². The zero-order chi connectivity index (χ0) is 15.3. The van der Waals surface area contributed by atoms with Crippen molar-refractivity contribution in [1.29, 1.82) is 0 Å². The molecule has 0 aliphatic carbocycles. The number of ether oxygens (including phenoxy) is 2. The summed E-state index contributed by atoms with van der Waals surface area (Å²) >= 11 is 0. The molecule has 0 saturated heterocycles. The molecule has 0 spiro atoms. The largest absolute Gasteiger partial charge is 0.494 e. The minimum atomic E-state index is -0.607. The number of carbonyl (C=O) groups is 1. The van der Waals surface area contributed by atoms with E-state index in [4.69, 9.17) is 9.47 Å². The van der Waals surface area contributed by atoms with Crippen molar-refractivity contribution in [2.45, 2.75) is 26.4 Å². The summed E-state index contributed by atoms with van der Waals surface area (Å²) in [5.74, 6) is 0.324. The van der Waals surface area contributed by atoms with Gasteiger partial charge in [-0.15, -0.1) is 4.91 Å². The number of benzene rings is 1. The van der Waals surface area contributed by atoms with Crippen LogP contribution in [-0.4, -0.2) is 25.9 Å². The second kappa shape index (κ2) is 6.23. The normalized spacial score (nSPS) is 10.7. The molecule has 20 heavy (non-hydrogen) atoms. The fourth-order valence-electron chi connectivity index (χ4n) is 1.52. The Labute approximate surface area is 117 Å². The molecule has 1 rings (SSSR count). The first-order valence-electron chi connectivity index (χ1n) is 6.04. The topological polar surface area (TPSA) is 89.0 Å². The Balaban J connectivity index is 3.05. The molecule has 1 aromatic carbocycles. The standard InChI is InChI=1S/C13H19N3O4/c1-13(2,3)20-12(17)15-10-6-8(14-4)9(16-18)7-11(10)19-5/h6-7,14H,1-5H3,(H,15,17). The third-order valence-electron chi connectivity index (χ3n) is 2.32. The Bertz CT molecular complexity index is 509. The van der Waals surface area contributed by atoms with Gasteiger partial charge >= 0.3 is 6.09 Å². The van der Waals surface area contributed by atoms with Gasteiger partial charge in [-0.1, -0.05) is 0 Å². The summed E-state index contributed by atoms with van der Waals surface area (Å²) in [7, 11) is 3.08. The van der Waals surface area contributed by atoms with E-state index in [1.165, 1.54) is 13.2 Å². The summed E-state index contributed by atoms with van der Waals surface area (Å²) in [6.45, 7) is 5.30. The molecule has 0 aliphatic heterocycles. The Kier molecular flexibility index (Phi) is 4.90. The second-order valence-corrected chi connectivity index (χ2v) is 5.04. The summed E-state index contributed by atoms with van der Waals surface area (Å²) in [6, 6.07) is 2.99. The summed E-state index contributed by atoms with van der Waals surface area (Å²) in [5.41, 5.74) is 0.456. The Morgan fingerprint density at radius 3 is 2.35 bits per heavy atom. The lowest BCUT2D eigenvalue weighted by molar-refractivity contribution is 0.0635. The van der Waals surface area contributed by atoms with Gasteiger partial charge in [0.2, 0.25) is 0 Å². The SMILES string of the molecule is CNc1cc(NC(=O)OC(C)(C)C)c(OC)cc1N=O. The van der Waals surface area contributed by atoms with E-state index in [2.05, 4.69) is 15.8 Å². The number of rotatable bonds is 4. The van der Waals surface area contributed by atoms with Crippen LogP contribution >= 0.6 is 0 Å². The summed E-state index contributed by atoms with van der Waals surface area (Å²) in [6.07, 6.45) is -0.607. The monoisotopic (exact) mass is 281 g/mol. The molecule has 1 aromatic rings. The molecule has 110 valence electrons. The Morgan fingerprint density at radius 2 is 1.90 bits per heavy atom. The molecule has 7 heteroatoms. The van der Waals surface area contributed by atoms with E-state index in [1.54, 1.807) is 33.9 Å². The lowest BCUT2D eigenvalue weighted by atomic mass is 10.2. The van der Waals surface area contributed by atoms with Gasteiger partial charge in [-0.25, -0.2) is 4.79 Å². The first kappa shape index (κ1) is 15.7. The molecular formula is C13H19N3O4. The van der Waals surface area contributed by atoms with Gasteiger partial charge in [0.1, 0.15) is 17.0 Å². The highest BCUT2D eigenvalue weighted by atomic mass is 16.6. The van der Waals surface area contributed by atoms with Gasteiger partial charge in [-0.2, -0.15) is 0 Å². The van der Waals surface area contributed by atoms with Crippen molar-refractivity contribution in [2.75, 3.05) is 24.8 Å². The molecule has 0 unspecified atom stereocenters. The fraction of sp³-hybridized carbons (Fsp3) is 0.462. The zero-order valence-corrected chi connectivity index (χ0v) is 12.2. The van der Waals surface area contributed by atoms with Crippen molar-refractivity contribution in [3.05, 3.63) is 17.0 Å². The lowest BCUT2D eigenvalue weighted by Crippen LogP contribution is -2.27. The first-order chi connectivity index (χ1) is 9.30. The molecule has 0 atom stereocenters. The molecule has 0 aliphatic rings. The molecule has 0 aromatic heterocycles. The summed E-state index contributed by atoms with van der Waals surface area (Å²) in [5, 5.41) is 8.29. The van der Waals surface area contributed by atoms with Gasteiger partial charge in [0.25, 0.3) is 0 Å². The molecule has 0 radical (unpaired) electrons. The van der Waals surface area contributed by atoms with Crippen LogP contribution in [-0.2, 0) is 4.74 Å². The van der Waals surface area contributed by atoms with E-state index in [9.17, 15) is 9.70 Å². The molecule has 0 bridgehead atoms. The van der Waals surface area contributed by atoms with Gasteiger partial charge in [0, 0.05) is 13.1 Å². The van der Waals surface area contributed by atoms with Gasteiger partial charge in [0.05, 0.1) is 18.5 Å². The van der Waals surface area contributed by atoms with Crippen molar-refractivity contribution in [2.24, 2.45) is 5.18 Å². The molecular weight excluding hydrogens is 262 g/mol. The van der Waals surface area contributed by atoms with Crippen LogP contribution in [0.15, 0.2) is 17.3 Å². The molecule has 1 amide bonds. The van der Waals surface area contributed by atoms with Gasteiger partial charge in [-0.3, -0.25) is 5.32 Å².